The van der Waals surface area contributed by atoms with Gasteiger partial charge < -0.3 is 9.13 Å². The lowest BCUT2D eigenvalue weighted by Crippen LogP contribution is -2.08. The maximum absolute atomic E-state index is 4.48. The third kappa shape index (κ3) is 2.54. The molecule has 0 atom stereocenters. The summed E-state index contributed by atoms with van der Waals surface area (Å²) in [6.45, 7) is 5.25. The predicted octanol–water partition coefficient (Wildman–Crippen LogP) is 3.63. The molecule has 0 aliphatic heterocycles. The Hall–Kier alpha value is -1.88. The first-order chi connectivity index (χ1) is 9.75. The maximum Gasteiger partial charge on any atom is 0.176 e. The van der Waals surface area contributed by atoms with Crippen LogP contribution >= 0.6 is 11.3 Å². The van der Waals surface area contributed by atoms with Crippen molar-refractivity contribution in [2.45, 2.75) is 32.9 Å². The van der Waals surface area contributed by atoms with Crippen LogP contribution in [0, 0.1) is 0 Å². The minimum Gasteiger partial charge on any atom is -0.328 e. The average molecular weight is 286 g/mol. The van der Waals surface area contributed by atoms with E-state index in [0.717, 1.165) is 24.6 Å². The topological polar surface area (TPSA) is 35.6 Å². The summed E-state index contributed by atoms with van der Waals surface area (Å²) in [4.78, 5) is 10.4. The summed E-state index contributed by atoms with van der Waals surface area (Å²) in [7, 11) is 0. The number of hydrogen-bond acceptors (Lipinski definition) is 3. The molecule has 0 aliphatic rings. The highest BCUT2D eigenvalue weighted by Gasteiger charge is 2.13. The van der Waals surface area contributed by atoms with Crippen LogP contribution in [0.5, 0.6) is 0 Å². The molecule has 0 N–H and O–H groups in total. The average Bonchev–Trinajstić information content (AvgIpc) is 3.16. The standard InChI is InChI=1S/C15H18N4S/c1-12(2)19-10-7-17-15(19)14-16-6-9-18(14)8-5-13-4-3-11-20-13/h3-4,6-7,9-12H,5,8H2,1-2H3. The van der Waals surface area contributed by atoms with E-state index < -0.39 is 0 Å². The third-order valence-electron chi connectivity index (χ3n) is 3.32. The molecule has 3 aromatic rings. The highest BCUT2D eigenvalue weighted by atomic mass is 32.1. The second-order valence-corrected chi connectivity index (χ2v) is 6.06. The minimum atomic E-state index is 0.384. The summed E-state index contributed by atoms with van der Waals surface area (Å²) in [5, 5.41) is 2.12. The van der Waals surface area contributed by atoms with Gasteiger partial charge in [-0.05, 0) is 31.7 Å². The number of thiophene rings is 1. The van der Waals surface area contributed by atoms with Gasteiger partial charge in [-0.3, -0.25) is 0 Å². The zero-order chi connectivity index (χ0) is 13.9. The van der Waals surface area contributed by atoms with Crippen LogP contribution in [-0.2, 0) is 13.0 Å². The zero-order valence-corrected chi connectivity index (χ0v) is 12.5. The first-order valence-electron chi connectivity index (χ1n) is 6.82. The van der Waals surface area contributed by atoms with Gasteiger partial charge in [0.1, 0.15) is 0 Å². The van der Waals surface area contributed by atoms with E-state index in [0.29, 0.717) is 6.04 Å². The molecule has 0 spiro atoms. The molecule has 3 heterocycles. The maximum atomic E-state index is 4.48. The number of aryl methyl sites for hydroxylation is 2. The summed E-state index contributed by atoms with van der Waals surface area (Å²) >= 11 is 1.80. The molecule has 0 fully saturated rings. The fourth-order valence-corrected chi connectivity index (χ4v) is 2.98. The summed E-state index contributed by atoms with van der Waals surface area (Å²) in [5.41, 5.74) is 0. The second kappa shape index (κ2) is 5.63. The van der Waals surface area contributed by atoms with E-state index in [4.69, 9.17) is 0 Å². The van der Waals surface area contributed by atoms with Crippen LogP contribution in [-0.4, -0.2) is 19.1 Å². The Labute approximate surface area is 122 Å². The summed E-state index contributed by atoms with van der Waals surface area (Å²) in [6, 6.07) is 4.66. The van der Waals surface area contributed by atoms with Gasteiger partial charge in [-0.2, -0.15) is 0 Å². The Bertz CT molecular complexity index is 664. The molecule has 3 rings (SSSR count). The van der Waals surface area contributed by atoms with E-state index in [-0.39, 0.29) is 0 Å². The SMILES string of the molecule is CC(C)n1ccnc1-c1nccn1CCc1cccs1. The van der Waals surface area contributed by atoms with Gasteiger partial charge >= 0.3 is 0 Å². The fraction of sp³-hybridized carbons (Fsp3) is 0.333. The quantitative estimate of drug-likeness (QED) is 0.718. The van der Waals surface area contributed by atoms with E-state index in [1.807, 2.05) is 24.8 Å². The van der Waals surface area contributed by atoms with E-state index in [9.17, 15) is 0 Å². The Morgan fingerprint density at radius 2 is 1.95 bits per heavy atom. The Morgan fingerprint density at radius 1 is 1.15 bits per heavy atom. The van der Waals surface area contributed by atoms with Gasteiger partial charge in [-0.1, -0.05) is 6.07 Å². The molecule has 0 aliphatic carbocycles. The van der Waals surface area contributed by atoms with Crippen LogP contribution in [0.2, 0.25) is 0 Å². The Kier molecular flexibility index (Phi) is 3.69. The lowest BCUT2D eigenvalue weighted by atomic mass is 10.3. The minimum absolute atomic E-state index is 0.384. The summed E-state index contributed by atoms with van der Waals surface area (Å²) in [6.07, 6.45) is 8.76. The molecule has 0 amide bonds. The van der Waals surface area contributed by atoms with Crippen LogP contribution in [0.4, 0.5) is 0 Å². The van der Waals surface area contributed by atoms with Gasteiger partial charge in [-0.15, -0.1) is 11.3 Å². The lowest BCUT2D eigenvalue weighted by molar-refractivity contribution is 0.598. The van der Waals surface area contributed by atoms with Crippen molar-refractivity contribution >= 4 is 11.3 Å². The van der Waals surface area contributed by atoms with Crippen LogP contribution in [0.15, 0.2) is 42.3 Å². The largest absolute Gasteiger partial charge is 0.328 e. The van der Waals surface area contributed by atoms with Gasteiger partial charge in [0.05, 0.1) is 0 Å². The van der Waals surface area contributed by atoms with Crippen molar-refractivity contribution in [1.82, 2.24) is 19.1 Å². The highest BCUT2D eigenvalue weighted by molar-refractivity contribution is 7.09. The van der Waals surface area contributed by atoms with Crippen molar-refractivity contribution in [3.63, 3.8) is 0 Å². The first kappa shape index (κ1) is 13.1. The molecule has 0 saturated carbocycles. The molecule has 0 aromatic carbocycles. The number of hydrogen-bond donors (Lipinski definition) is 0. The summed E-state index contributed by atoms with van der Waals surface area (Å²) < 4.78 is 4.34. The molecule has 0 bridgehead atoms. The van der Waals surface area contributed by atoms with Gasteiger partial charge in [0.2, 0.25) is 0 Å². The predicted molar refractivity (Wildman–Crippen MR) is 81.9 cm³/mol. The number of imidazole rings is 2. The molecule has 4 nitrogen and oxygen atoms in total. The van der Waals surface area contributed by atoms with Gasteiger partial charge in [0, 0.05) is 42.3 Å². The van der Waals surface area contributed by atoms with Crippen molar-refractivity contribution in [1.29, 1.82) is 0 Å². The molecule has 104 valence electrons. The normalized spacial score (nSPS) is 11.3. The van der Waals surface area contributed by atoms with E-state index in [1.165, 1.54) is 4.88 Å². The molecular formula is C15H18N4S. The van der Waals surface area contributed by atoms with Crippen LogP contribution < -0.4 is 0 Å². The van der Waals surface area contributed by atoms with Crippen LogP contribution in [0.25, 0.3) is 11.6 Å². The molecule has 0 unspecified atom stereocenters. The van der Waals surface area contributed by atoms with Crippen molar-refractivity contribution in [3.05, 3.63) is 47.2 Å². The van der Waals surface area contributed by atoms with E-state index in [2.05, 4.69) is 50.5 Å². The van der Waals surface area contributed by atoms with Gasteiger partial charge in [0.15, 0.2) is 11.6 Å². The van der Waals surface area contributed by atoms with Gasteiger partial charge in [-0.25, -0.2) is 9.97 Å². The first-order valence-corrected chi connectivity index (χ1v) is 7.70. The van der Waals surface area contributed by atoms with Crippen molar-refractivity contribution in [3.8, 4) is 11.6 Å². The van der Waals surface area contributed by atoms with Crippen LogP contribution in [0.1, 0.15) is 24.8 Å². The molecule has 20 heavy (non-hydrogen) atoms. The number of nitrogens with zero attached hydrogens (tertiary/aromatic N) is 4. The van der Waals surface area contributed by atoms with Gasteiger partial charge in [0.25, 0.3) is 0 Å². The smallest absolute Gasteiger partial charge is 0.176 e. The van der Waals surface area contributed by atoms with E-state index in [1.54, 1.807) is 11.3 Å². The highest BCUT2D eigenvalue weighted by Crippen LogP contribution is 2.20. The Balaban J connectivity index is 1.84. The molecule has 0 saturated heterocycles. The van der Waals surface area contributed by atoms with Crippen LogP contribution in [0.3, 0.4) is 0 Å². The third-order valence-corrected chi connectivity index (χ3v) is 4.26. The molecule has 3 aromatic heterocycles. The van der Waals surface area contributed by atoms with Crippen molar-refractivity contribution in [2.75, 3.05) is 0 Å². The van der Waals surface area contributed by atoms with Crippen molar-refractivity contribution < 1.29 is 0 Å². The molecule has 5 heteroatoms. The number of rotatable bonds is 5. The molecule has 0 radical (unpaired) electrons. The summed E-state index contributed by atoms with van der Waals surface area (Å²) in [5.74, 6) is 1.89. The second-order valence-electron chi connectivity index (χ2n) is 5.03. The number of aromatic nitrogens is 4. The lowest BCUT2D eigenvalue weighted by Gasteiger charge is -2.12. The monoisotopic (exact) mass is 286 g/mol. The fourth-order valence-electron chi connectivity index (χ4n) is 2.28. The van der Waals surface area contributed by atoms with Crippen molar-refractivity contribution in [2.24, 2.45) is 0 Å². The Morgan fingerprint density at radius 3 is 2.70 bits per heavy atom. The van der Waals surface area contributed by atoms with E-state index >= 15 is 0 Å². The molecular weight excluding hydrogens is 268 g/mol. The zero-order valence-electron chi connectivity index (χ0n) is 11.7.